The highest BCUT2D eigenvalue weighted by molar-refractivity contribution is 5.84. The summed E-state index contributed by atoms with van der Waals surface area (Å²) in [4.78, 5) is 26.6. The first-order valence-corrected chi connectivity index (χ1v) is 22.7. The average Bonchev–Trinajstić information content (AvgIpc) is 3.51. The van der Waals surface area contributed by atoms with Crippen molar-refractivity contribution in [3.63, 3.8) is 0 Å². The number of carbonyl (C=O) groups excluding carboxylic acids is 1. The molecule has 4 aliphatic rings. The lowest BCUT2D eigenvalue weighted by atomic mass is 9.75. The minimum absolute atomic E-state index is 0.0613. The molecule has 3 fully saturated rings. The zero-order valence-corrected chi connectivity index (χ0v) is 37.7. The Morgan fingerprint density at radius 2 is 1.61 bits per heavy atom. The molecule has 0 aromatic rings. The van der Waals surface area contributed by atoms with E-state index in [4.69, 9.17) is 23.7 Å². The molecule has 1 spiro atoms. The van der Waals surface area contributed by atoms with Crippen LogP contribution in [0.4, 0.5) is 0 Å². The van der Waals surface area contributed by atoms with Crippen molar-refractivity contribution in [2.45, 2.75) is 220 Å². The Morgan fingerprint density at radius 1 is 0.930 bits per heavy atom. The highest BCUT2D eigenvalue weighted by atomic mass is 16.8. The van der Waals surface area contributed by atoms with Gasteiger partial charge in [-0.3, -0.25) is 9.59 Å². The van der Waals surface area contributed by atoms with Crippen molar-refractivity contribution < 1.29 is 48.6 Å². The van der Waals surface area contributed by atoms with Gasteiger partial charge < -0.3 is 44.3 Å². The minimum Gasteiger partial charge on any atom is -0.481 e. The third-order valence-electron chi connectivity index (χ3n) is 14.6. The number of ketones is 1. The van der Waals surface area contributed by atoms with Crippen molar-refractivity contribution in [3.05, 3.63) is 12.2 Å². The van der Waals surface area contributed by atoms with Gasteiger partial charge in [0, 0.05) is 30.1 Å². The van der Waals surface area contributed by atoms with Crippen molar-refractivity contribution in [3.8, 4) is 0 Å². The summed E-state index contributed by atoms with van der Waals surface area (Å²) in [5.41, 5.74) is -1.51. The van der Waals surface area contributed by atoms with Crippen molar-refractivity contribution in [1.29, 1.82) is 0 Å². The molecule has 0 amide bonds. The summed E-state index contributed by atoms with van der Waals surface area (Å²) in [6, 6.07) is -0.242. The lowest BCUT2D eigenvalue weighted by Gasteiger charge is -2.52. The van der Waals surface area contributed by atoms with E-state index in [1.807, 2.05) is 40.7 Å². The van der Waals surface area contributed by atoms with Crippen LogP contribution in [0, 0.1) is 41.4 Å². The number of nitrogens with one attached hydrogen (secondary N) is 1. The number of aliphatic carboxylic acids is 1. The lowest BCUT2D eigenvalue weighted by molar-refractivity contribution is -0.386. The maximum absolute atomic E-state index is 14.6. The molecule has 11 nitrogen and oxygen atoms in total. The summed E-state index contributed by atoms with van der Waals surface area (Å²) < 4.78 is 34.7. The third-order valence-corrected chi connectivity index (χ3v) is 14.6. The topological polar surface area (TPSA) is 153 Å². The molecular formula is C46H81NO10. The molecule has 0 saturated carbocycles. The molecule has 330 valence electrons. The molecular weight excluding hydrogens is 727 g/mol. The summed E-state index contributed by atoms with van der Waals surface area (Å²) in [6.45, 7) is 26.9. The zero-order chi connectivity index (χ0) is 42.7. The van der Waals surface area contributed by atoms with Gasteiger partial charge in [-0.05, 0) is 96.1 Å². The molecule has 0 radical (unpaired) electrons. The van der Waals surface area contributed by atoms with Crippen LogP contribution in [-0.2, 0) is 33.3 Å². The fraction of sp³-hybridized carbons (Fsp3) is 0.913. The number of carboxylic acids is 1. The number of aliphatic hydroxyl groups excluding tert-OH is 1. The van der Waals surface area contributed by atoms with Gasteiger partial charge in [0.25, 0.3) is 0 Å². The van der Waals surface area contributed by atoms with Gasteiger partial charge in [-0.15, -0.1) is 0 Å². The van der Waals surface area contributed by atoms with Crippen LogP contribution in [0.3, 0.4) is 0 Å². The standard InChI is InChI=1S/C46H81NO10/c1-14-26-47-36-20-23-45(28(7)8,57-46(36)25-24-43(13,56-46)37-21-22-44(52,17-4)32(12)53-37)55-40(27(5)6)34(16-3)39(49)30(10)38(48)31(11)41-29(9)18-19-35(54-41)33(15-2)42(50)51/h20,23,27-38,40-41,47-48,52H,14-19,21-22,24-26H2,1-13H3,(H,50,51)/t29-,30-,31-,32-,33?,34-,35+,36+,37+,38+,40-,41?,43-,44+,45?,46?/m0/s1. The second-order valence-electron chi connectivity index (χ2n) is 19.2. The monoisotopic (exact) mass is 808 g/mol. The Balaban J connectivity index is 1.59. The minimum atomic E-state index is -1.21. The molecule has 0 bridgehead atoms. The van der Waals surface area contributed by atoms with Crippen LogP contribution < -0.4 is 5.32 Å². The van der Waals surface area contributed by atoms with Crippen LogP contribution in [0.1, 0.15) is 154 Å². The van der Waals surface area contributed by atoms with E-state index >= 15 is 0 Å². The molecule has 0 aromatic carbocycles. The van der Waals surface area contributed by atoms with Crippen LogP contribution in [0.2, 0.25) is 0 Å². The summed E-state index contributed by atoms with van der Waals surface area (Å²) in [5, 5.41) is 36.5. The van der Waals surface area contributed by atoms with Gasteiger partial charge in [0.1, 0.15) is 5.78 Å². The summed E-state index contributed by atoms with van der Waals surface area (Å²) in [7, 11) is 0. The highest BCUT2D eigenvalue weighted by Gasteiger charge is 2.62. The van der Waals surface area contributed by atoms with Gasteiger partial charge in [-0.25, -0.2) is 0 Å². The number of Topliss-reactive ketones (excluding diaryl/α,β-unsaturated/α-hetero) is 1. The van der Waals surface area contributed by atoms with Gasteiger partial charge in [0.2, 0.25) is 0 Å². The van der Waals surface area contributed by atoms with E-state index in [1.54, 1.807) is 6.92 Å². The van der Waals surface area contributed by atoms with E-state index in [-0.39, 0.29) is 53.8 Å². The number of rotatable bonds is 19. The van der Waals surface area contributed by atoms with E-state index in [9.17, 15) is 24.9 Å². The van der Waals surface area contributed by atoms with Gasteiger partial charge in [0.05, 0.1) is 59.8 Å². The zero-order valence-electron chi connectivity index (χ0n) is 37.7. The number of aliphatic hydroxyl groups is 2. The van der Waals surface area contributed by atoms with Crippen molar-refractivity contribution in [1.82, 2.24) is 5.32 Å². The Labute approximate surface area is 344 Å². The first kappa shape index (κ1) is 48.2. The molecule has 4 rings (SSSR count). The maximum atomic E-state index is 14.6. The number of hydrogen-bond donors (Lipinski definition) is 4. The van der Waals surface area contributed by atoms with Crippen molar-refractivity contribution >= 4 is 11.8 Å². The second-order valence-corrected chi connectivity index (χ2v) is 19.2. The second kappa shape index (κ2) is 19.5. The predicted octanol–water partition coefficient (Wildman–Crippen LogP) is 7.83. The molecule has 3 saturated heterocycles. The van der Waals surface area contributed by atoms with Crippen LogP contribution in [-0.4, -0.2) is 99.1 Å². The van der Waals surface area contributed by atoms with Gasteiger partial charge in [-0.1, -0.05) is 82.2 Å². The first-order chi connectivity index (χ1) is 26.7. The van der Waals surface area contributed by atoms with E-state index in [0.29, 0.717) is 51.4 Å². The molecule has 0 aromatic heterocycles. The number of ether oxygens (including phenoxy) is 5. The fourth-order valence-electron chi connectivity index (χ4n) is 10.3. The van der Waals surface area contributed by atoms with Gasteiger partial charge in [-0.2, -0.15) is 0 Å². The SMILES string of the molecule is CCCN[C@@H]1C=CC(O[C@@H](C(C)C)[C@@H](CC)C(=O)[C@@H](C)[C@@H](O)[C@H](C)C2O[C@@H](C(CC)C(=O)O)CC[C@@H]2C)(C(C)C)OC12CC[C@@](C)([C@H]1CC[C@](O)(CC)[C@H](C)O1)O2. The highest BCUT2D eigenvalue weighted by Crippen LogP contribution is 2.52. The number of carboxylic acid groups (broad SMARTS) is 1. The fourth-order valence-corrected chi connectivity index (χ4v) is 10.3. The Morgan fingerprint density at radius 3 is 2.16 bits per heavy atom. The molecule has 11 heteroatoms. The summed E-state index contributed by atoms with van der Waals surface area (Å²) >= 11 is 0. The van der Waals surface area contributed by atoms with Crippen LogP contribution in [0.5, 0.6) is 0 Å². The van der Waals surface area contributed by atoms with Gasteiger partial charge in [0.15, 0.2) is 11.6 Å². The Hall–Kier alpha value is -1.44. The third kappa shape index (κ3) is 10.0. The molecule has 4 N–H and O–H groups in total. The van der Waals surface area contributed by atoms with Crippen LogP contribution >= 0.6 is 0 Å². The average molecular weight is 808 g/mol. The van der Waals surface area contributed by atoms with Crippen molar-refractivity contribution in [2.75, 3.05) is 6.54 Å². The maximum Gasteiger partial charge on any atom is 0.309 e. The number of carbonyl (C=O) groups is 2. The summed E-state index contributed by atoms with van der Waals surface area (Å²) in [6.07, 6.45) is 7.96. The lowest BCUT2D eigenvalue weighted by Crippen LogP contribution is -2.63. The summed E-state index contributed by atoms with van der Waals surface area (Å²) in [5.74, 6) is -5.52. The van der Waals surface area contributed by atoms with E-state index in [0.717, 1.165) is 19.4 Å². The molecule has 0 aliphatic carbocycles. The molecule has 4 aliphatic heterocycles. The Kier molecular flexibility index (Phi) is 16.5. The largest absolute Gasteiger partial charge is 0.481 e. The Bertz CT molecular complexity index is 1360. The quantitative estimate of drug-likeness (QED) is 0.0945. The van der Waals surface area contributed by atoms with Crippen molar-refractivity contribution in [2.24, 2.45) is 41.4 Å². The van der Waals surface area contributed by atoms with E-state index < -0.39 is 64.8 Å². The predicted molar refractivity (Wildman–Crippen MR) is 221 cm³/mol. The van der Waals surface area contributed by atoms with Gasteiger partial charge >= 0.3 is 5.97 Å². The molecule has 16 atom stereocenters. The molecule has 57 heavy (non-hydrogen) atoms. The molecule has 4 unspecified atom stereocenters. The van der Waals surface area contributed by atoms with Crippen LogP contribution in [0.15, 0.2) is 12.2 Å². The van der Waals surface area contributed by atoms with E-state index in [1.165, 1.54) is 0 Å². The van der Waals surface area contributed by atoms with E-state index in [2.05, 4.69) is 59.9 Å². The molecule has 4 heterocycles. The van der Waals surface area contributed by atoms with Crippen LogP contribution in [0.25, 0.3) is 0 Å². The number of hydrogen-bond acceptors (Lipinski definition) is 10. The first-order valence-electron chi connectivity index (χ1n) is 22.7. The smallest absolute Gasteiger partial charge is 0.309 e. The normalized spacial score (nSPS) is 39.2.